The maximum absolute atomic E-state index is 3.53. The van der Waals surface area contributed by atoms with Gasteiger partial charge in [-0.05, 0) is 52.4 Å². The minimum absolute atomic E-state index is 0.632. The van der Waals surface area contributed by atoms with Crippen molar-refractivity contribution in [1.82, 2.24) is 15.1 Å². The number of nitrogens with zero attached hydrogens (tertiary/aromatic N) is 2. The molecule has 0 amide bonds. The Bertz CT molecular complexity index is 393. The van der Waals surface area contributed by atoms with Crippen molar-refractivity contribution in [3.05, 3.63) is 35.9 Å². The second kappa shape index (κ2) is 8.52. The van der Waals surface area contributed by atoms with Crippen LogP contribution in [0, 0.1) is 0 Å². The van der Waals surface area contributed by atoms with E-state index in [-0.39, 0.29) is 0 Å². The molecule has 0 spiro atoms. The lowest BCUT2D eigenvalue weighted by atomic mass is 9.97. The van der Waals surface area contributed by atoms with Crippen molar-refractivity contribution in [1.29, 1.82) is 0 Å². The zero-order valence-electron chi connectivity index (χ0n) is 13.9. The molecule has 2 unspecified atom stereocenters. The molecule has 118 valence electrons. The van der Waals surface area contributed by atoms with Crippen LogP contribution in [-0.2, 0) is 6.42 Å². The first-order valence-corrected chi connectivity index (χ1v) is 8.29. The molecule has 3 nitrogen and oxygen atoms in total. The van der Waals surface area contributed by atoms with E-state index in [9.17, 15) is 0 Å². The van der Waals surface area contributed by atoms with Crippen molar-refractivity contribution >= 4 is 0 Å². The van der Waals surface area contributed by atoms with E-state index in [0.29, 0.717) is 12.1 Å². The number of aryl methyl sites for hydroxylation is 1. The van der Waals surface area contributed by atoms with Crippen molar-refractivity contribution in [2.75, 3.05) is 40.8 Å². The van der Waals surface area contributed by atoms with E-state index in [1.54, 1.807) is 0 Å². The fourth-order valence-electron chi connectivity index (χ4n) is 3.26. The molecular formula is C18H31N3. The van der Waals surface area contributed by atoms with Crippen LogP contribution in [0.5, 0.6) is 0 Å². The van der Waals surface area contributed by atoms with Crippen LogP contribution in [0.25, 0.3) is 0 Å². The molecule has 0 aromatic heterocycles. The van der Waals surface area contributed by atoms with Gasteiger partial charge in [0.15, 0.2) is 0 Å². The van der Waals surface area contributed by atoms with Crippen molar-refractivity contribution in [3.63, 3.8) is 0 Å². The predicted molar refractivity (Wildman–Crippen MR) is 90.8 cm³/mol. The Kier molecular flexibility index (Phi) is 6.68. The molecular weight excluding hydrogens is 258 g/mol. The van der Waals surface area contributed by atoms with Gasteiger partial charge < -0.3 is 15.1 Å². The monoisotopic (exact) mass is 289 g/mol. The zero-order chi connectivity index (χ0) is 15.1. The van der Waals surface area contributed by atoms with E-state index < -0.39 is 0 Å². The molecule has 2 atom stereocenters. The molecule has 0 radical (unpaired) electrons. The molecule has 0 saturated carbocycles. The highest BCUT2D eigenvalue weighted by molar-refractivity contribution is 5.14. The molecule has 0 bridgehead atoms. The normalized spacial score (nSPS) is 22.3. The molecule has 1 aliphatic rings. The summed E-state index contributed by atoms with van der Waals surface area (Å²) >= 11 is 0. The summed E-state index contributed by atoms with van der Waals surface area (Å²) in [6.45, 7) is 3.60. The second-order valence-electron chi connectivity index (χ2n) is 6.50. The fourth-order valence-corrected chi connectivity index (χ4v) is 3.26. The minimum Gasteiger partial charge on any atom is -0.317 e. The van der Waals surface area contributed by atoms with Gasteiger partial charge in [-0.2, -0.15) is 0 Å². The van der Waals surface area contributed by atoms with Crippen LogP contribution in [0.4, 0.5) is 0 Å². The van der Waals surface area contributed by atoms with E-state index in [4.69, 9.17) is 0 Å². The third-order valence-electron chi connectivity index (χ3n) is 4.81. The summed E-state index contributed by atoms with van der Waals surface area (Å²) in [6.07, 6.45) is 4.98. The maximum Gasteiger partial charge on any atom is 0.0235 e. The zero-order valence-corrected chi connectivity index (χ0v) is 13.9. The van der Waals surface area contributed by atoms with Crippen LogP contribution in [0.1, 0.15) is 24.8 Å². The average Bonchev–Trinajstić information content (AvgIpc) is 2.51. The van der Waals surface area contributed by atoms with E-state index in [1.807, 2.05) is 0 Å². The molecule has 2 rings (SSSR count). The predicted octanol–water partition coefficient (Wildman–Crippen LogP) is 2.23. The van der Waals surface area contributed by atoms with E-state index in [0.717, 1.165) is 0 Å². The van der Waals surface area contributed by atoms with Gasteiger partial charge in [-0.1, -0.05) is 30.3 Å². The molecule has 3 heteroatoms. The summed E-state index contributed by atoms with van der Waals surface area (Å²) in [5.41, 5.74) is 1.46. The molecule has 1 N–H and O–H groups in total. The van der Waals surface area contributed by atoms with Gasteiger partial charge >= 0.3 is 0 Å². The maximum atomic E-state index is 3.53. The van der Waals surface area contributed by atoms with E-state index >= 15 is 0 Å². The Morgan fingerprint density at radius 1 is 1.19 bits per heavy atom. The van der Waals surface area contributed by atoms with Crippen molar-refractivity contribution < 1.29 is 0 Å². The first kappa shape index (κ1) is 16.5. The third kappa shape index (κ3) is 5.42. The number of rotatable bonds is 7. The highest BCUT2D eigenvalue weighted by Crippen LogP contribution is 2.15. The lowest BCUT2D eigenvalue weighted by Gasteiger charge is -2.39. The Morgan fingerprint density at radius 3 is 2.67 bits per heavy atom. The van der Waals surface area contributed by atoms with E-state index in [2.05, 4.69) is 66.6 Å². The smallest absolute Gasteiger partial charge is 0.0235 e. The number of piperazine rings is 1. The number of hydrogen-bond donors (Lipinski definition) is 1. The summed E-state index contributed by atoms with van der Waals surface area (Å²) in [6, 6.07) is 12.2. The van der Waals surface area contributed by atoms with Crippen LogP contribution >= 0.6 is 0 Å². The Hall–Kier alpha value is -0.900. The fraction of sp³-hybridized carbons (Fsp3) is 0.667. The van der Waals surface area contributed by atoms with Gasteiger partial charge in [0.25, 0.3) is 0 Å². The standard InChI is InChI=1S/C18H31N3/c1-19-17(11-7-10-16-8-5-4-6-9-16)14-18-15-20(2)12-13-21(18)3/h4-6,8-9,17-19H,7,10-15H2,1-3H3. The molecule has 1 aliphatic heterocycles. The molecule has 1 fully saturated rings. The lowest BCUT2D eigenvalue weighted by Crippen LogP contribution is -2.52. The summed E-state index contributed by atoms with van der Waals surface area (Å²) in [4.78, 5) is 4.99. The summed E-state index contributed by atoms with van der Waals surface area (Å²) < 4.78 is 0. The van der Waals surface area contributed by atoms with Gasteiger partial charge in [0.2, 0.25) is 0 Å². The average molecular weight is 289 g/mol. The third-order valence-corrected chi connectivity index (χ3v) is 4.81. The molecule has 0 aliphatic carbocycles. The number of benzene rings is 1. The van der Waals surface area contributed by atoms with Crippen LogP contribution < -0.4 is 5.32 Å². The highest BCUT2D eigenvalue weighted by atomic mass is 15.3. The van der Waals surface area contributed by atoms with E-state index in [1.165, 1.54) is 50.9 Å². The quantitative estimate of drug-likeness (QED) is 0.830. The first-order chi connectivity index (χ1) is 10.2. The van der Waals surface area contributed by atoms with Crippen molar-refractivity contribution in [2.24, 2.45) is 0 Å². The molecule has 1 heterocycles. The van der Waals surface area contributed by atoms with Crippen LogP contribution in [0.3, 0.4) is 0 Å². The largest absolute Gasteiger partial charge is 0.317 e. The van der Waals surface area contributed by atoms with Gasteiger partial charge in [-0.25, -0.2) is 0 Å². The second-order valence-corrected chi connectivity index (χ2v) is 6.50. The van der Waals surface area contributed by atoms with Crippen LogP contribution in [0.2, 0.25) is 0 Å². The van der Waals surface area contributed by atoms with Crippen LogP contribution in [0.15, 0.2) is 30.3 Å². The SMILES string of the molecule is CNC(CCCc1ccccc1)CC1CN(C)CCN1C. The summed E-state index contributed by atoms with van der Waals surface area (Å²) in [5.74, 6) is 0. The Labute approximate surface area is 130 Å². The van der Waals surface area contributed by atoms with Crippen molar-refractivity contribution in [3.8, 4) is 0 Å². The number of likely N-dealkylation sites (N-methyl/N-ethyl adjacent to an activating group) is 2. The molecule has 21 heavy (non-hydrogen) atoms. The van der Waals surface area contributed by atoms with Gasteiger partial charge in [0, 0.05) is 31.7 Å². The highest BCUT2D eigenvalue weighted by Gasteiger charge is 2.24. The summed E-state index contributed by atoms with van der Waals surface area (Å²) in [5, 5.41) is 3.53. The van der Waals surface area contributed by atoms with Gasteiger partial charge in [-0.15, -0.1) is 0 Å². The summed E-state index contributed by atoms with van der Waals surface area (Å²) in [7, 11) is 6.62. The van der Waals surface area contributed by atoms with Crippen molar-refractivity contribution in [2.45, 2.75) is 37.8 Å². The van der Waals surface area contributed by atoms with Crippen LogP contribution in [-0.4, -0.2) is 62.7 Å². The lowest BCUT2D eigenvalue weighted by molar-refractivity contribution is 0.101. The molecule has 1 aromatic rings. The molecule has 1 saturated heterocycles. The van der Waals surface area contributed by atoms with Gasteiger partial charge in [0.05, 0.1) is 0 Å². The molecule has 1 aromatic carbocycles. The Balaban J connectivity index is 1.74. The van der Waals surface area contributed by atoms with Gasteiger partial charge in [-0.3, -0.25) is 0 Å². The minimum atomic E-state index is 0.632. The number of nitrogens with one attached hydrogen (secondary N) is 1. The first-order valence-electron chi connectivity index (χ1n) is 8.29. The Morgan fingerprint density at radius 2 is 1.95 bits per heavy atom. The number of hydrogen-bond acceptors (Lipinski definition) is 3. The van der Waals surface area contributed by atoms with Gasteiger partial charge in [0.1, 0.15) is 0 Å². The topological polar surface area (TPSA) is 18.5 Å².